The van der Waals surface area contributed by atoms with E-state index in [1.54, 1.807) is 0 Å². The molecule has 0 amide bonds. The topological polar surface area (TPSA) is 39.7 Å². The third kappa shape index (κ3) is 44.9. The Balaban J connectivity index is -0.000000379. The molecule has 5 aliphatic rings. The molecule has 5 fully saturated rings. The maximum absolute atomic E-state index is 12.8. The van der Waals surface area contributed by atoms with Gasteiger partial charge in [-0.2, -0.15) is 0 Å². The minimum Gasteiger partial charge on any atom is -0.380 e. The van der Waals surface area contributed by atoms with Crippen molar-refractivity contribution in [3.63, 3.8) is 0 Å². The Labute approximate surface area is 469 Å². The molecule has 4 aliphatic heterocycles. The average Bonchev–Trinajstić information content (AvgIpc) is 3.97. The van der Waals surface area contributed by atoms with Crippen LogP contribution in [0, 0.1) is 81.3 Å². The Morgan fingerprint density at radius 1 is 0.560 bits per heavy atom. The summed E-state index contributed by atoms with van der Waals surface area (Å²) in [4.78, 5) is 0. The molecule has 0 aromatic heterocycles. The van der Waals surface area contributed by atoms with E-state index in [0.717, 1.165) is 94.0 Å². The molecule has 1 N–H and O–H groups in total. The highest BCUT2D eigenvalue weighted by atomic mass is 19.3. The van der Waals surface area contributed by atoms with Gasteiger partial charge in [0.05, 0.1) is 39.6 Å². The van der Waals surface area contributed by atoms with Gasteiger partial charge in [-0.25, -0.2) is 17.6 Å². The fourth-order valence-corrected chi connectivity index (χ4v) is 10.1. The minimum atomic E-state index is -2.44. The number of unbranched alkanes of at least 4 members (excludes halogenated alkanes) is 1. The highest BCUT2D eigenvalue weighted by Gasteiger charge is 2.39. The number of hydrogen-bond donors (Lipinski definition) is 1. The summed E-state index contributed by atoms with van der Waals surface area (Å²) in [5.41, 5.74) is 1.63. The van der Waals surface area contributed by atoms with E-state index < -0.39 is 18.3 Å². The van der Waals surface area contributed by atoms with Crippen molar-refractivity contribution < 1.29 is 31.8 Å². The lowest BCUT2D eigenvalue weighted by atomic mass is 9.73. The molecule has 5 rings (SSSR count). The molecule has 0 aromatic rings. The zero-order valence-electron chi connectivity index (χ0n) is 55.4. The number of nitrogens with one attached hydrogen (secondary N) is 1. The number of rotatable bonds is 20. The molecule has 4 nitrogen and oxygen atoms in total. The van der Waals surface area contributed by atoms with Gasteiger partial charge >= 0.3 is 0 Å². The second-order valence-corrected chi connectivity index (χ2v) is 27.7. The lowest BCUT2D eigenvalue weighted by molar-refractivity contribution is -0.140. The van der Waals surface area contributed by atoms with E-state index in [4.69, 9.17) is 14.2 Å². The van der Waals surface area contributed by atoms with E-state index in [-0.39, 0.29) is 24.7 Å². The first-order valence-corrected chi connectivity index (χ1v) is 31.8. The lowest BCUT2D eigenvalue weighted by Gasteiger charge is -2.44. The van der Waals surface area contributed by atoms with Crippen molar-refractivity contribution in [2.45, 2.75) is 301 Å². The minimum absolute atomic E-state index is 0.0174. The highest BCUT2D eigenvalue weighted by Crippen LogP contribution is 2.39. The van der Waals surface area contributed by atoms with Crippen LogP contribution in [0.1, 0.15) is 282 Å². The van der Waals surface area contributed by atoms with E-state index in [2.05, 4.69) is 137 Å². The van der Waals surface area contributed by atoms with Crippen LogP contribution in [-0.2, 0) is 14.2 Å². The van der Waals surface area contributed by atoms with Crippen LogP contribution in [0.5, 0.6) is 0 Å². The normalized spacial score (nSPS) is 20.4. The number of hydrogen-bond acceptors (Lipinski definition) is 4. The number of ether oxygens (including phenoxy) is 3. The summed E-state index contributed by atoms with van der Waals surface area (Å²) >= 11 is 0. The van der Waals surface area contributed by atoms with E-state index in [0.29, 0.717) is 41.0 Å². The van der Waals surface area contributed by atoms with Gasteiger partial charge in [0.15, 0.2) is 0 Å². The summed E-state index contributed by atoms with van der Waals surface area (Å²) in [6.07, 6.45) is 18.2. The van der Waals surface area contributed by atoms with E-state index >= 15 is 0 Å². The quantitative estimate of drug-likeness (QED) is 0.123. The summed E-state index contributed by atoms with van der Waals surface area (Å²) in [7, 11) is 0. The van der Waals surface area contributed by atoms with Crippen LogP contribution in [0.25, 0.3) is 0 Å². The standard InChI is InChI=1S/C9H18O.2C8H16O.C8H16.C7H14F2.C7H14FN.C7H15F.C7H16.C6H14/c1-4-9(5-8(2)3)6-10-7-9;1-7(2)4-8(3)5-9-6-8;1-4-8(7(2)3)5-9-6-8;1-7(2)8-5-3-4-6-8;1-4-7(8,9)5-6(2)3;1-5(2)6-3-9-4-7(6)8;1-4-7(8)5-6(2)3;1-4-5-6-7(2)3;1-4-5-6(2)3/h8H,4-7H2,1-3H3;2*7H,4-6H2,1-3H3;7-8H,3-6H2,1-2H3;6H,4-5H2,1-3H3;5-7,9H,3-4H2,1-2H3;6-7H,4-5H2,1-3H3;7H,4-6H2,1-3H3;6H,4-5H2,1-3H3/t;;;;;6-,7+;;;/m.....0.../s1. The number of halogens is 4. The third-order valence-corrected chi connectivity index (χ3v) is 15.7. The molecule has 4 saturated heterocycles. The molecule has 0 bridgehead atoms. The first-order chi connectivity index (χ1) is 34.7. The van der Waals surface area contributed by atoms with Crippen molar-refractivity contribution in [1.29, 1.82) is 0 Å². The summed E-state index contributed by atoms with van der Waals surface area (Å²) < 4.78 is 65.5. The maximum atomic E-state index is 12.8. The number of alkyl halides is 4. The van der Waals surface area contributed by atoms with Crippen molar-refractivity contribution in [3.05, 3.63) is 0 Å². The van der Waals surface area contributed by atoms with Gasteiger partial charge in [-0.15, -0.1) is 0 Å². The van der Waals surface area contributed by atoms with Crippen LogP contribution < -0.4 is 5.32 Å². The SMILES string of the molecule is CC(C)C1CCCC1.CC(C)CC1(C)COC1.CC(C)[C@@H]1CNC[C@H]1F.CCC(F)(F)CC(C)C.CCC(F)CC(C)C.CCC1(C(C)C)COC1.CCC1(CC(C)C)COC1.CCCC(C)C.CCCCC(C)C. The molecule has 1 saturated carbocycles. The predicted octanol–water partition coefficient (Wildman–Crippen LogP) is 21.8. The van der Waals surface area contributed by atoms with Crippen LogP contribution >= 0.6 is 0 Å². The molecule has 75 heavy (non-hydrogen) atoms. The summed E-state index contributed by atoms with van der Waals surface area (Å²) in [6.45, 7) is 61.3. The zero-order chi connectivity index (χ0) is 59.0. The van der Waals surface area contributed by atoms with Gasteiger partial charge in [-0.05, 0) is 97.7 Å². The molecule has 3 atom stereocenters. The van der Waals surface area contributed by atoms with Crippen molar-refractivity contribution in [2.24, 2.45) is 81.3 Å². The Bertz CT molecular complexity index is 1170. The molecule has 1 unspecified atom stereocenters. The molecule has 1 aliphatic carbocycles. The van der Waals surface area contributed by atoms with E-state index in [9.17, 15) is 17.6 Å². The third-order valence-electron chi connectivity index (χ3n) is 15.7. The smallest absolute Gasteiger partial charge is 0.248 e. The van der Waals surface area contributed by atoms with Crippen molar-refractivity contribution in [2.75, 3.05) is 52.7 Å². The molecule has 8 heteroatoms. The van der Waals surface area contributed by atoms with Crippen LogP contribution in [0.3, 0.4) is 0 Å². The summed E-state index contributed by atoms with van der Waals surface area (Å²) in [5.74, 6) is 5.14. The molecule has 4 heterocycles. The second kappa shape index (κ2) is 46.2. The van der Waals surface area contributed by atoms with Crippen molar-refractivity contribution >= 4 is 0 Å². The van der Waals surface area contributed by atoms with Gasteiger partial charge in [0, 0.05) is 48.1 Å². The van der Waals surface area contributed by atoms with E-state index in [1.807, 2.05) is 34.6 Å². The zero-order valence-corrected chi connectivity index (χ0v) is 55.4. The van der Waals surface area contributed by atoms with Crippen LogP contribution in [0.2, 0.25) is 0 Å². The predicted molar refractivity (Wildman–Crippen MR) is 326 cm³/mol. The fraction of sp³-hybridized carbons (Fsp3) is 1.00. The van der Waals surface area contributed by atoms with Crippen LogP contribution in [-0.4, -0.2) is 71.0 Å². The molecule has 0 spiro atoms. The average molecular weight is 1080 g/mol. The van der Waals surface area contributed by atoms with Gasteiger partial charge in [-0.1, -0.05) is 231 Å². The molecule has 0 aromatic carbocycles. The maximum Gasteiger partial charge on any atom is 0.248 e. The van der Waals surface area contributed by atoms with Gasteiger partial charge in [0.1, 0.15) is 12.3 Å². The van der Waals surface area contributed by atoms with Gasteiger partial charge in [-0.3, -0.25) is 0 Å². The van der Waals surface area contributed by atoms with Gasteiger partial charge < -0.3 is 19.5 Å². The van der Waals surface area contributed by atoms with Crippen molar-refractivity contribution in [3.8, 4) is 0 Å². The van der Waals surface area contributed by atoms with Crippen LogP contribution in [0.15, 0.2) is 0 Å². The Kier molecular flexibility index (Phi) is 49.9. The first-order valence-electron chi connectivity index (χ1n) is 31.8. The second-order valence-electron chi connectivity index (χ2n) is 27.7. The van der Waals surface area contributed by atoms with Gasteiger partial charge in [0.25, 0.3) is 0 Å². The molecular formula is C67H139F4NO3. The molecule has 458 valence electrons. The lowest BCUT2D eigenvalue weighted by Crippen LogP contribution is -2.46. The highest BCUT2D eigenvalue weighted by molar-refractivity contribution is 4.87. The monoisotopic (exact) mass is 1080 g/mol. The largest absolute Gasteiger partial charge is 0.380 e. The first kappa shape index (κ1) is 81.0. The fourth-order valence-electron chi connectivity index (χ4n) is 10.1. The summed E-state index contributed by atoms with van der Waals surface area (Å²) in [5, 5.41) is 3.03. The Morgan fingerprint density at radius 2 is 1.05 bits per heavy atom. The molecule has 0 radical (unpaired) electrons. The summed E-state index contributed by atoms with van der Waals surface area (Å²) in [6, 6.07) is 0. The Morgan fingerprint density at radius 3 is 1.17 bits per heavy atom. The Hall–Kier alpha value is -0.440. The van der Waals surface area contributed by atoms with Crippen molar-refractivity contribution in [1.82, 2.24) is 5.32 Å². The van der Waals surface area contributed by atoms with Gasteiger partial charge in [0.2, 0.25) is 5.92 Å². The van der Waals surface area contributed by atoms with Crippen LogP contribution in [0.4, 0.5) is 17.6 Å². The molecular weight excluding hydrogens is 943 g/mol. The van der Waals surface area contributed by atoms with E-state index in [1.165, 1.54) is 90.4 Å².